The molecule has 0 aliphatic carbocycles. The zero-order chi connectivity index (χ0) is 28.0. The molecule has 1 amide bonds. The predicted octanol–water partition coefficient (Wildman–Crippen LogP) is 7.87. The zero-order valence-corrected chi connectivity index (χ0v) is 26.2. The highest BCUT2D eigenvalue weighted by molar-refractivity contribution is 7.82. The molecule has 0 rings (SSSR count). The number of carbonyl (C=O) groups is 2. The van der Waals surface area contributed by atoms with E-state index in [1.54, 1.807) is 6.92 Å². The second kappa shape index (κ2) is 17.0. The van der Waals surface area contributed by atoms with Gasteiger partial charge in [0.1, 0.15) is 5.78 Å². The van der Waals surface area contributed by atoms with Crippen LogP contribution in [0.5, 0.6) is 0 Å². The summed E-state index contributed by atoms with van der Waals surface area (Å²) in [6, 6.07) is 0. The third-order valence-electron chi connectivity index (χ3n) is 5.54. The van der Waals surface area contributed by atoms with Crippen molar-refractivity contribution < 1.29 is 14.7 Å². The number of carbonyl (C=O) groups excluding carboxylic acids is 2. The number of ketones is 1. The fourth-order valence-corrected chi connectivity index (χ4v) is 4.93. The van der Waals surface area contributed by atoms with Crippen LogP contribution in [0.4, 0.5) is 0 Å². The molecule has 1 unspecified atom stereocenters. The molecule has 0 saturated carbocycles. The van der Waals surface area contributed by atoms with E-state index in [4.69, 9.17) is 5.11 Å². The summed E-state index contributed by atoms with van der Waals surface area (Å²) in [5.41, 5.74) is -0.534. The highest BCUT2D eigenvalue weighted by Crippen LogP contribution is 2.35. The van der Waals surface area contributed by atoms with Crippen LogP contribution in [0.1, 0.15) is 135 Å². The van der Waals surface area contributed by atoms with Gasteiger partial charge in [-0.25, -0.2) is 0 Å². The Bertz CT molecular complexity index is 564. The van der Waals surface area contributed by atoms with Gasteiger partial charge in [-0.1, -0.05) is 89.0 Å². The topological polar surface area (TPSA) is 66.4 Å². The highest BCUT2D eigenvalue weighted by Gasteiger charge is 2.41. The van der Waals surface area contributed by atoms with Crippen molar-refractivity contribution in [3.05, 3.63) is 0 Å². The Kier molecular flexibility index (Phi) is 19.0. The van der Waals surface area contributed by atoms with Gasteiger partial charge in [-0.3, -0.25) is 9.59 Å². The van der Waals surface area contributed by atoms with Crippen molar-refractivity contribution >= 4 is 24.3 Å². The highest BCUT2D eigenvalue weighted by atomic mass is 32.1. The first-order chi connectivity index (χ1) is 15.1. The van der Waals surface area contributed by atoms with Crippen LogP contribution in [0.15, 0.2) is 0 Å². The third kappa shape index (κ3) is 18.7. The van der Waals surface area contributed by atoms with E-state index in [1.165, 1.54) is 25.7 Å². The number of Topliss-reactive ketones (excluding diaryl/α,β-unsaturated/α-hetero) is 1. The van der Waals surface area contributed by atoms with Crippen LogP contribution in [0.25, 0.3) is 0 Å². The van der Waals surface area contributed by atoms with Gasteiger partial charge in [-0.05, 0) is 57.8 Å². The van der Waals surface area contributed by atoms with E-state index in [2.05, 4.69) is 66.4 Å². The van der Waals surface area contributed by atoms with Crippen molar-refractivity contribution in [2.45, 2.75) is 146 Å². The lowest BCUT2D eigenvalue weighted by atomic mass is 9.75. The van der Waals surface area contributed by atoms with Gasteiger partial charge in [-0.2, -0.15) is 12.6 Å². The Morgan fingerprint density at radius 1 is 0.882 bits per heavy atom. The van der Waals surface area contributed by atoms with E-state index >= 15 is 0 Å². The lowest BCUT2D eigenvalue weighted by Gasteiger charge is -2.36. The van der Waals surface area contributed by atoms with E-state index in [1.807, 2.05) is 41.5 Å². The van der Waals surface area contributed by atoms with Crippen molar-refractivity contribution in [3.63, 3.8) is 0 Å². The smallest absolute Gasteiger partial charge is 0.236 e. The first kappa shape index (κ1) is 38.0. The molecule has 0 aliphatic rings. The molecule has 0 aromatic carbocycles. The summed E-state index contributed by atoms with van der Waals surface area (Å²) < 4.78 is -0.944. The molecule has 0 bridgehead atoms. The number of nitrogens with one attached hydrogen (secondary N) is 1. The standard InChI is InChI=1S/C16H31NO3S.C10H22.C3H8/c1-11(2)12(19)14(3,4)10-16(7,21)13(20)17-15(5,6)8-9-18;1-6-7-10(4,5)8-9(2)3;1-3-2/h11,18,21H,8-10H2,1-7H3,(H,17,20);9H,6-8H2,1-5H3;3H2,1-2H3. The maximum absolute atomic E-state index is 12.4. The van der Waals surface area contributed by atoms with Gasteiger partial charge in [0.15, 0.2) is 0 Å². The van der Waals surface area contributed by atoms with Gasteiger partial charge in [0.2, 0.25) is 5.91 Å². The quantitative estimate of drug-likeness (QED) is 0.237. The molecule has 5 heteroatoms. The van der Waals surface area contributed by atoms with E-state index in [9.17, 15) is 9.59 Å². The summed E-state index contributed by atoms with van der Waals surface area (Å²) in [7, 11) is 0. The summed E-state index contributed by atoms with van der Waals surface area (Å²) in [5.74, 6) is 0.693. The van der Waals surface area contributed by atoms with Gasteiger partial charge >= 0.3 is 0 Å². The molecular weight excluding hydrogens is 442 g/mol. The van der Waals surface area contributed by atoms with Gasteiger partial charge in [0.25, 0.3) is 0 Å². The number of amides is 1. The Labute approximate surface area is 219 Å². The second-order valence-electron chi connectivity index (χ2n) is 12.9. The average Bonchev–Trinajstić information content (AvgIpc) is 2.59. The zero-order valence-electron chi connectivity index (χ0n) is 25.3. The minimum Gasteiger partial charge on any atom is -0.396 e. The Morgan fingerprint density at radius 3 is 1.65 bits per heavy atom. The monoisotopic (exact) mass is 503 g/mol. The largest absolute Gasteiger partial charge is 0.396 e. The molecule has 0 spiro atoms. The van der Waals surface area contributed by atoms with Crippen LogP contribution in [0.3, 0.4) is 0 Å². The van der Waals surface area contributed by atoms with Crippen LogP contribution in [-0.4, -0.2) is 33.7 Å². The molecule has 34 heavy (non-hydrogen) atoms. The van der Waals surface area contributed by atoms with E-state index in [0.29, 0.717) is 18.3 Å². The Balaban J connectivity index is -0.000000613. The second-order valence-corrected chi connectivity index (χ2v) is 13.9. The van der Waals surface area contributed by atoms with Crippen molar-refractivity contribution in [3.8, 4) is 0 Å². The van der Waals surface area contributed by atoms with Crippen molar-refractivity contribution in [2.75, 3.05) is 6.61 Å². The van der Waals surface area contributed by atoms with Crippen molar-refractivity contribution in [2.24, 2.45) is 22.7 Å². The molecule has 0 aromatic rings. The van der Waals surface area contributed by atoms with Gasteiger partial charge in [0.05, 0.1) is 4.75 Å². The lowest BCUT2D eigenvalue weighted by molar-refractivity contribution is -0.132. The normalized spacial score (nSPS) is 13.9. The third-order valence-corrected chi connectivity index (χ3v) is 5.90. The minimum absolute atomic E-state index is 0.00783. The molecule has 4 nitrogen and oxygen atoms in total. The SMILES string of the molecule is CC(C)C(=O)C(C)(C)CC(C)(S)C(=O)NC(C)(C)CCO.CCC.CCCC(C)(C)CC(C)C. The summed E-state index contributed by atoms with van der Waals surface area (Å²) in [6.45, 7) is 28.8. The number of aliphatic hydroxyl groups excluding tert-OH is 1. The van der Waals surface area contributed by atoms with Crippen molar-refractivity contribution in [1.82, 2.24) is 5.32 Å². The first-order valence-corrected chi connectivity index (χ1v) is 13.8. The Morgan fingerprint density at radius 2 is 1.32 bits per heavy atom. The molecule has 206 valence electrons. The van der Waals surface area contributed by atoms with Crippen LogP contribution >= 0.6 is 12.6 Å². The van der Waals surface area contributed by atoms with Crippen LogP contribution in [-0.2, 0) is 9.59 Å². The van der Waals surface area contributed by atoms with Crippen LogP contribution in [0.2, 0.25) is 0 Å². The fourth-order valence-electron chi connectivity index (χ4n) is 4.48. The molecule has 0 saturated heterocycles. The van der Waals surface area contributed by atoms with Gasteiger partial charge in [0, 0.05) is 23.5 Å². The average molecular weight is 504 g/mol. The molecule has 0 aromatic heterocycles. The van der Waals surface area contributed by atoms with Crippen LogP contribution < -0.4 is 5.32 Å². The molecule has 0 fully saturated rings. The predicted molar refractivity (Wildman–Crippen MR) is 154 cm³/mol. The van der Waals surface area contributed by atoms with E-state index < -0.39 is 15.7 Å². The van der Waals surface area contributed by atoms with Gasteiger partial charge < -0.3 is 10.4 Å². The number of hydrogen-bond donors (Lipinski definition) is 3. The molecule has 1 atom stereocenters. The number of aliphatic hydroxyl groups is 1. The van der Waals surface area contributed by atoms with E-state index in [0.717, 1.165) is 5.92 Å². The number of hydrogen-bond acceptors (Lipinski definition) is 4. The molecule has 0 radical (unpaired) electrons. The Hall–Kier alpha value is -0.550. The number of rotatable bonds is 12. The fraction of sp³-hybridized carbons (Fsp3) is 0.931. The van der Waals surface area contributed by atoms with E-state index in [-0.39, 0.29) is 24.2 Å². The maximum Gasteiger partial charge on any atom is 0.236 e. The van der Waals surface area contributed by atoms with Crippen LogP contribution in [0, 0.1) is 22.7 Å². The summed E-state index contributed by atoms with van der Waals surface area (Å²) >= 11 is 4.49. The molecule has 0 aliphatic heterocycles. The minimum atomic E-state index is -0.944. The molecule has 2 N–H and O–H groups in total. The summed E-state index contributed by atoms with van der Waals surface area (Å²) in [4.78, 5) is 24.7. The summed E-state index contributed by atoms with van der Waals surface area (Å²) in [6.07, 6.45) is 6.13. The van der Waals surface area contributed by atoms with Gasteiger partial charge in [-0.15, -0.1) is 0 Å². The molecular formula is C29H61NO3S. The lowest BCUT2D eigenvalue weighted by Crippen LogP contribution is -2.53. The maximum atomic E-state index is 12.4. The molecule has 0 heterocycles. The first-order valence-electron chi connectivity index (χ1n) is 13.3. The summed E-state index contributed by atoms with van der Waals surface area (Å²) in [5, 5.41) is 11.9. The number of thiol groups is 1. The van der Waals surface area contributed by atoms with Crippen molar-refractivity contribution in [1.29, 1.82) is 0 Å².